The van der Waals surface area contributed by atoms with Crippen molar-refractivity contribution >= 4 is 5.91 Å². The van der Waals surface area contributed by atoms with E-state index in [0.29, 0.717) is 25.3 Å². The molecule has 0 radical (unpaired) electrons. The molecule has 6 heteroatoms. The molecular formula is C28H27N3O3. The Bertz CT molecular complexity index is 1310. The first-order valence-corrected chi connectivity index (χ1v) is 11.1. The third-order valence-corrected chi connectivity index (χ3v) is 5.56. The van der Waals surface area contributed by atoms with E-state index in [1.807, 2.05) is 68.4 Å². The minimum Gasteiger partial charge on any atom is -0.488 e. The van der Waals surface area contributed by atoms with E-state index in [1.165, 1.54) is 0 Å². The molecule has 2 aromatic carbocycles. The molecule has 0 saturated carbocycles. The number of hydrogen-bond acceptors (Lipinski definition) is 4. The normalized spacial score (nSPS) is 10.6. The third-order valence-electron chi connectivity index (χ3n) is 5.56. The van der Waals surface area contributed by atoms with Crippen LogP contribution in [0.2, 0.25) is 0 Å². The Balaban J connectivity index is 1.35. The number of aromatic nitrogens is 2. The summed E-state index contributed by atoms with van der Waals surface area (Å²) in [6.07, 6.45) is 5.28. The Morgan fingerprint density at radius 3 is 2.35 bits per heavy atom. The van der Waals surface area contributed by atoms with Crippen LogP contribution in [-0.4, -0.2) is 15.5 Å². The predicted molar refractivity (Wildman–Crippen MR) is 132 cm³/mol. The van der Waals surface area contributed by atoms with Crippen LogP contribution in [0.1, 0.15) is 38.2 Å². The van der Waals surface area contributed by atoms with E-state index in [0.717, 1.165) is 33.6 Å². The summed E-state index contributed by atoms with van der Waals surface area (Å²) in [5.74, 6) is 0.651. The maximum absolute atomic E-state index is 12.8. The van der Waals surface area contributed by atoms with Gasteiger partial charge in [-0.15, -0.1) is 0 Å². The van der Waals surface area contributed by atoms with Gasteiger partial charge in [0.25, 0.3) is 11.5 Å². The van der Waals surface area contributed by atoms with Crippen LogP contribution < -0.4 is 15.6 Å². The highest BCUT2D eigenvalue weighted by Gasteiger charge is 2.12. The second kappa shape index (κ2) is 10.6. The average molecular weight is 454 g/mol. The Labute approximate surface area is 198 Å². The molecule has 0 aliphatic rings. The van der Waals surface area contributed by atoms with Crippen molar-refractivity contribution in [3.63, 3.8) is 0 Å². The smallest absolute Gasteiger partial charge is 0.251 e. The molecule has 6 nitrogen and oxygen atoms in total. The van der Waals surface area contributed by atoms with Crippen LogP contribution in [0.4, 0.5) is 0 Å². The first-order chi connectivity index (χ1) is 16.5. The van der Waals surface area contributed by atoms with E-state index in [9.17, 15) is 9.59 Å². The molecule has 0 aliphatic heterocycles. The Morgan fingerprint density at radius 1 is 0.941 bits per heavy atom. The molecule has 172 valence electrons. The van der Waals surface area contributed by atoms with E-state index in [2.05, 4.69) is 10.3 Å². The fourth-order valence-corrected chi connectivity index (χ4v) is 3.78. The first kappa shape index (κ1) is 23.0. The summed E-state index contributed by atoms with van der Waals surface area (Å²) in [4.78, 5) is 28.7. The zero-order valence-corrected chi connectivity index (χ0v) is 19.3. The molecule has 0 bridgehead atoms. The van der Waals surface area contributed by atoms with Gasteiger partial charge in [-0.25, -0.2) is 0 Å². The van der Waals surface area contributed by atoms with E-state index in [1.54, 1.807) is 35.3 Å². The first-order valence-electron chi connectivity index (χ1n) is 11.1. The molecule has 0 fully saturated rings. The summed E-state index contributed by atoms with van der Waals surface area (Å²) in [5, 5.41) is 2.98. The van der Waals surface area contributed by atoms with Crippen LogP contribution in [-0.2, 0) is 19.7 Å². The number of ether oxygens (including phenoxy) is 1. The standard InChI is InChI=1S/C28H27N3O3/c1-20-14-25(15-21(2)27(20)34-19-24-6-5-12-29-16-24)28(33)30-17-22-8-10-23(11-9-22)18-31-13-4-3-7-26(31)32/h3-16H,17-19H2,1-2H3,(H,30,33). The SMILES string of the molecule is Cc1cc(C(=O)NCc2ccc(Cn3ccccc3=O)cc2)cc(C)c1OCc1cccnc1. The molecule has 0 aliphatic carbocycles. The summed E-state index contributed by atoms with van der Waals surface area (Å²) in [7, 11) is 0. The molecule has 2 heterocycles. The summed E-state index contributed by atoms with van der Waals surface area (Å²) in [6, 6.07) is 20.6. The highest BCUT2D eigenvalue weighted by Crippen LogP contribution is 2.26. The van der Waals surface area contributed by atoms with Crippen molar-refractivity contribution < 1.29 is 9.53 Å². The van der Waals surface area contributed by atoms with Gasteiger partial charge in [-0.1, -0.05) is 36.4 Å². The highest BCUT2D eigenvalue weighted by atomic mass is 16.5. The molecule has 1 N–H and O–H groups in total. The van der Waals surface area contributed by atoms with Gasteiger partial charge < -0.3 is 14.6 Å². The number of nitrogens with one attached hydrogen (secondary N) is 1. The maximum atomic E-state index is 12.8. The van der Waals surface area contributed by atoms with Crippen molar-refractivity contribution in [1.82, 2.24) is 14.9 Å². The fourth-order valence-electron chi connectivity index (χ4n) is 3.78. The molecule has 1 amide bonds. The van der Waals surface area contributed by atoms with Gasteiger partial charge in [0, 0.05) is 42.3 Å². The lowest BCUT2D eigenvalue weighted by atomic mass is 10.0. The van der Waals surface area contributed by atoms with E-state index in [-0.39, 0.29) is 11.5 Å². The van der Waals surface area contributed by atoms with Gasteiger partial charge in [0.2, 0.25) is 0 Å². The van der Waals surface area contributed by atoms with Crippen LogP contribution in [0, 0.1) is 13.8 Å². The van der Waals surface area contributed by atoms with Crippen LogP contribution in [0.25, 0.3) is 0 Å². The molecule has 34 heavy (non-hydrogen) atoms. The number of aryl methyl sites for hydroxylation is 2. The second-order valence-corrected chi connectivity index (χ2v) is 8.26. The molecule has 0 saturated heterocycles. The van der Waals surface area contributed by atoms with Crippen molar-refractivity contribution in [3.05, 3.63) is 129 Å². The zero-order valence-electron chi connectivity index (χ0n) is 19.3. The molecule has 0 spiro atoms. The number of rotatable bonds is 8. The topological polar surface area (TPSA) is 73.2 Å². The molecule has 2 aromatic heterocycles. The Morgan fingerprint density at radius 2 is 1.68 bits per heavy atom. The molecule has 0 atom stereocenters. The lowest BCUT2D eigenvalue weighted by Gasteiger charge is -2.14. The monoisotopic (exact) mass is 453 g/mol. The number of pyridine rings is 2. The number of carbonyl (C=O) groups excluding carboxylic acids is 1. The van der Waals surface area contributed by atoms with Crippen molar-refractivity contribution in [2.75, 3.05) is 0 Å². The highest BCUT2D eigenvalue weighted by molar-refractivity contribution is 5.94. The van der Waals surface area contributed by atoms with Gasteiger partial charge >= 0.3 is 0 Å². The van der Waals surface area contributed by atoms with Crippen LogP contribution in [0.5, 0.6) is 5.75 Å². The lowest BCUT2D eigenvalue weighted by Crippen LogP contribution is -2.23. The van der Waals surface area contributed by atoms with E-state index < -0.39 is 0 Å². The number of amides is 1. The average Bonchev–Trinajstić information content (AvgIpc) is 2.85. The van der Waals surface area contributed by atoms with Gasteiger partial charge in [-0.3, -0.25) is 14.6 Å². The third kappa shape index (κ3) is 5.78. The number of hydrogen-bond donors (Lipinski definition) is 1. The number of benzene rings is 2. The van der Waals surface area contributed by atoms with Crippen molar-refractivity contribution in [3.8, 4) is 5.75 Å². The fraction of sp³-hybridized carbons (Fsp3) is 0.179. The van der Waals surface area contributed by atoms with E-state index in [4.69, 9.17) is 4.74 Å². The van der Waals surface area contributed by atoms with Crippen LogP contribution >= 0.6 is 0 Å². The summed E-state index contributed by atoms with van der Waals surface area (Å²) in [6.45, 7) is 5.25. The maximum Gasteiger partial charge on any atom is 0.251 e. The van der Waals surface area contributed by atoms with Gasteiger partial charge in [-0.05, 0) is 60.4 Å². The zero-order chi connectivity index (χ0) is 23.9. The largest absolute Gasteiger partial charge is 0.488 e. The van der Waals surface area contributed by atoms with Gasteiger partial charge in [0.15, 0.2) is 0 Å². The second-order valence-electron chi connectivity index (χ2n) is 8.26. The van der Waals surface area contributed by atoms with Gasteiger partial charge in [0.05, 0.1) is 6.54 Å². The van der Waals surface area contributed by atoms with Gasteiger partial charge in [0.1, 0.15) is 12.4 Å². The Hall–Kier alpha value is -4.19. The minimum absolute atomic E-state index is 0.0297. The Kier molecular flexibility index (Phi) is 7.18. The van der Waals surface area contributed by atoms with Crippen molar-refractivity contribution in [1.29, 1.82) is 0 Å². The van der Waals surface area contributed by atoms with Crippen molar-refractivity contribution in [2.45, 2.75) is 33.5 Å². The van der Waals surface area contributed by atoms with E-state index >= 15 is 0 Å². The predicted octanol–water partition coefficient (Wildman–Crippen LogP) is 4.42. The van der Waals surface area contributed by atoms with Crippen LogP contribution in [0.15, 0.2) is 90.1 Å². The molecule has 4 aromatic rings. The number of nitrogens with zero attached hydrogens (tertiary/aromatic N) is 2. The molecule has 0 unspecified atom stereocenters. The van der Waals surface area contributed by atoms with Crippen LogP contribution in [0.3, 0.4) is 0 Å². The van der Waals surface area contributed by atoms with Gasteiger partial charge in [-0.2, -0.15) is 0 Å². The summed E-state index contributed by atoms with van der Waals surface area (Å²) < 4.78 is 7.64. The van der Waals surface area contributed by atoms with Crippen molar-refractivity contribution in [2.24, 2.45) is 0 Å². The number of carbonyl (C=O) groups is 1. The lowest BCUT2D eigenvalue weighted by molar-refractivity contribution is 0.0950. The summed E-state index contributed by atoms with van der Waals surface area (Å²) >= 11 is 0. The molecular weight excluding hydrogens is 426 g/mol. The minimum atomic E-state index is -0.134. The quantitative estimate of drug-likeness (QED) is 0.429. The molecule has 4 rings (SSSR count). The summed E-state index contributed by atoms with van der Waals surface area (Å²) in [5.41, 5.74) is 5.40.